The Kier molecular flexibility index (Phi) is 5.72. The zero-order valence-electron chi connectivity index (χ0n) is 15.0. The van der Waals surface area contributed by atoms with Crippen LogP contribution >= 0.6 is 11.3 Å². The van der Waals surface area contributed by atoms with E-state index in [1.54, 1.807) is 12.4 Å². The Labute approximate surface area is 156 Å². The smallest absolute Gasteiger partial charge is 0.325 e. The number of aryl methyl sites for hydroxylation is 1. The van der Waals surface area contributed by atoms with Gasteiger partial charge < -0.3 is 15.5 Å². The first-order valence-corrected chi connectivity index (χ1v) is 9.56. The fraction of sp³-hybridized carbons (Fsp3) is 0.389. The summed E-state index contributed by atoms with van der Waals surface area (Å²) in [6, 6.07) is 5.64. The minimum Gasteiger partial charge on any atom is -0.370 e. The van der Waals surface area contributed by atoms with Crippen LogP contribution in [-0.2, 0) is 0 Å². The number of aromatic nitrogens is 1. The Morgan fingerprint density at radius 1 is 1.15 bits per heavy atom. The normalized spacial score (nSPS) is 14.0. The molecule has 3 N–H and O–H groups in total. The number of rotatable bonds is 4. The molecule has 0 spiro atoms. The van der Waals surface area contributed by atoms with Crippen molar-refractivity contribution in [3.63, 3.8) is 0 Å². The summed E-state index contributed by atoms with van der Waals surface area (Å²) >= 11 is 1.21. The van der Waals surface area contributed by atoms with Crippen LogP contribution in [0.1, 0.15) is 35.3 Å². The van der Waals surface area contributed by atoms with Gasteiger partial charge in [-0.3, -0.25) is 10.1 Å². The van der Waals surface area contributed by atoms with Gasteiger partial charge in [-0.05, 0) is 43.9 Å². The van der Waals surface area contributed by atoms with Gasteiger partial charge in [0.2, 0.25) is 0 Å². The van der Waals surface area contributed by atoms with Gasteiger partial charge in [0.25, 0.3) is 5.91 Å². The second-order valence-corrected chi connectivity index (χ2v) is 7.12. The third-order valence-electron chi connectivity index (χ3n) is 4.28. The maximum atomic E-state index is 12.4. The van der Waals surface area contributed by atoms with E-state index in [1.807, 2.05) is 19.1 Å². The first-order valence-electron chi connectivity index (χ1n) is 8.68. The predicted molar refractivity (Wildman–Crippen MR) is 105 cm³/mol. The molecule has 1 aromatic heterocycles. The third kappa shape index (κ3) is 4.32. The maximum absolute atomic E-state index is 12.4. The van der Waals surface area contributed by atoms with Gasteiger partial charge in [-0.25, -0.2) is 9.78 Å². The Bertz CT molecular complexity index is 799. The van der Waals surface area contributed by atoms with E-state index in [4.69, 9.17) is 0 Å². The van der Waals surface area contributed by atoms with Crippen molar-refractivity contribution in [2.45, 2.75) is 26.2 Å². The van der Waals surface area contributed by atoms with Crippen molar-refractivity contribution in [3.8, 4) is 0 Å². The van der Waals surface area contributed by atoms with E-state index in [0.29, 0.717) is 5.13 Å². The number of hydrogen-bond donors (Lipinski definition) is 3. The highest BCUT2D eigenvalue weighted by Gasteiger charge is 2.17. The number of amides is 3. The van der Waals surface area contributed by atoms with E-state index in [1.165, 1.54) is 30.6 Å². The lowest BCUT2D eigenvalue weighted by molar-refractivity contribution is 0.0959. The molecule has 0 atom stereocenters. The molecule has 0 unspecified atom stereocenters. The van der Waals surface area contributed by atoms with Gasteiger partial charge >= 0.3 is 6.03 Å². The molecule has 7 nitrogen and oxygen atoms in total. The summed E-state index contributed by atoms with van der Waals surface area (Å²) in [7, 11) is 1.54. The lowest BCUT2D eigenvalue weighted by Crippen LogP contribution is -2.31. The van der Waals surface area contributed by atoms with Crippen molar-refractivity contribution < 1.29 is 9.59 Å². The molecule has 1 aromatic carbocycles. The monoisotopic (exact) mass is 373 g/mol. The van der Waals surface area contributed by atoms with Crippen LogP contribution in [0.4, 0.5) is 21.3 Å². The lowest BCUT2D eigenvalue weighted by Gasteiger charge is -2.30. The van der Waals surface area contributed by atoms with Crippen molar-refractivity contribution in [1.82, 2.24) is 10.3 Å². The molecule has 3 rings (SSSR count). The van der Waals surface area contributed by atoms with Crippen molar-refractivity contribution in [2.24, 2.45) is 0 Å². The van der Waals surface area contributed by atoms with Crippen LogP contribution in [0.5, 0.6) is 0 Å². The van der Waals surface area contributed by atoms with Gasteiger partial charge in [0, 0.05) is 25.5 Å². The van der Waals surface area contributed by atoms with E-state index in [-0.39, 0.29) is 17.6 Å². The number of anilines is 3. The fourth-order valence-electron chi connectivity index (χ4n) is 2.96. The number of piperidine rings is 1. The molecule has 138 valence electrons. The largest absolute Gasteiger partial charge is 0.370 e. The quantitative estimate of drug-likeness (QED) is 0.766. The summed E-state index contributed by atoms with van der Waals surface area (Å²) in [6.07, 6.45) is 3.59. The Balaban J connectivity index is 1.70. The van der Waals surface area contributed by atoms with Crippen molar-refractivity contribution >= 4 is 39.8 Å². The second-order valence-electron chi connectivity index (χ2n) is 6.26. The van der Waals surface area contributed by atoms with E-state index in [9.17, 15) is 9.59 Å². The molecule has 1 aliphatic rings. The standard InChI is InChI=1S/C18H23N5O2S/c1-12-6-7-13(15(10-12)23-8-4-3-5-9-23)20-17(25)22-18-21-14(11-26-18)16(24)19-2/h6-7,10-11H,3-5,8-9H2,1-2H3,(H,19,24)(H2,20,21,22,25). The number of hydrogen-bond acceptors (Lipinski definition) is 5. The van der Waals surface area contributed by atoms with Crippen LogP contribution in [-0.4, -0.2) is 37.1 Å². The molecule has 26 heavy (non-hydrogen) atoms. The molecule has 0 saturated carbocycles. The molecular weight excluding hydrogens is 350 g/mol. The minimum absolute atomic E-state index is 0.277. The van der Waals surface area contributed by atoms with Gasteiger partial charge in [0.1, 0.15) is 5.69 Å². The highest BCUT2D eigenvalue weighted by atomic mass is 32.1. The Morgan fingerprint density at radius 3 is 2.65 bits per heavy atom. The topological polar surface area (TPSA) is 86.4 Å². The van der Waals surface area contributed by atoms with Gasteiger partial charge in [-0.2, -0.15) is 0 Å². The number of benzene rings is 1. The molecule has 0 aliphatic carbocycles. The number of carbonyl (C=O) groups is 2. The Hall–Kier alpha value is -2.61. The van der Waals surface area contributed by atoms with Crippen LogP contribution < -0.4 is 20.9 Å². The number of urea groups is 1. The van der Waals surface area contributed by atoms with Crippen LogP contribution in [0.3, 0.4) is 0 Å². The van der Waals surface area contributed by atoms with Crippen LogP contribution in [0.25, 0.3) is 0 Å². The average molecular weight is 373 g/mol. The molecule has 8 heteroatoms. The van der Waals surface area contributed by atoms with Crippen molar-refractivity contribution in [2.75, 3.05) is 35.7 Å². The predicted octanol–water partition coefficient (Wildman–Crippen LogP) is 3.45. The number of nitrogens with one attached hydrogen (secondary N) is 3. The Morgan fingerprint density at radius 2 is 1.92 bits per heavy atom. The summed E-state index contributed by atoms with van der Waals surface area (Å²) < 4.78 is 0. The number of nitrogens with zero attached hydrogens (tertiary/aromatic N) is 2. The fourth-order valence-corrected chi connectivity index (χ4v) is 3.64. The van der Waals surface area contributed by atoms with E-state index < -0.39 is 0 Å². The van der Waals surface area contributed by atoms with Gasteiger partial charge in [-0.1, -0.05) is 6.07 Å². The zero-order valence-corrected chi connectivity index (χ0v) is 15.8. The molecule has 1 saturated heterocycles. The van der Waals surface area contributed by atoms with Crippen LogP contribution in [0, 0.1) is 6.92 Å². The highest BCUT2D eigenvalue weighted by Crippen LogP contribution is 2.30. The van der Waals surface area contributed by atoms with E-state index in [2.05, 4.69) is 31.9 Å². The summed E-state index contributed by atoms with van der Waals surface area (Å²) in [6.45, 7) is 4.05. The van der Waals surface area contributed by atoms with Gasteiger partial charge in [0.05, 0.1) is 11.4 Å². The van der Waals surface area contributed by atoms with Crippen LogP contribution in [0.2, 0.25) is 0 Å². The maximum Gasteiger partial charge on any atom is 0.325 e. The molecule has 3 amide bonds. The number of carbonyl (C=O) groups excluding carboxylic acids is 2. The SMILES string of the molecule is CNC(=O)c1csc(NC(=O)Nc2ccc(C)cc2N2CCCCC2)n1. The molecule has 0 bridgehead atoms. The molecule has 1 aliphatic heterocycles. The first kappa shape index (κ1) is 18.2. The third-order valence-corrected chi connectivity index (χ3v) is 5.04. The molecule has 1 fully saturated rings. The highest BCUT2D eigenvalue weighted by molar-refractivity contribution is 7.14. The van der Waals surface area contributed by atoms with Crippen molar-refractivity contribution in [3.05, 3.63) is 34.8 Å². The summed E-state index contributed by atoms with van der Waals surface area (Å²) in [5.41, 5.74) is 3.27. The summed E-state index contributed by atoms with van der Waals surface area (Å²) in [4.78, 5) is 30.4. The molecule has 0 radical (unpaired) electrons. The van der Waals surface area contributed by atoms with Crippen molar-refractivity contribution in [1.29, 1.82) is 0 Å². The molecular formula is C18H23N5O2S. The molecule has 2 aromatic rings. The summed E-state index contributed by atoms with van der Waals surface area (Å²) in [5.74, 6) is -0.277. The minimum atomic E-state index is -0.370. The summed E-state index contributed by atoms with van der Waals surface area (Å²) in [5, 5.41) is 10.1. The first-order chi connectivity index (χ1) is 12.6. The number of thiazole rings is 1. The average Bonchev–Trinajstić information content (AvgIpc) is 3.11. The van der Waals surface area contributed by atoms with E-state index >= 15 is 0 Å². The molecule has 2 heterocycles. The van der Waals surface area contributed by atoms with Crippen LogP contribution in [0.15, 0.2) is 23.6 Å². The lowest BCUT2D eigenvalue weighted by atomic mass is 10.1. The zero-order chi connectivity index (χ0) is 18.5. The van der Waals surface area contributed by atoms with E-state index in [0.717, 1.165) is 30.0 Å². The van der Waals surface area contributed by atoms with Gasteiger partial charge in [-0.15, -0.1) is 11.3 Å². The second kappa shape index (κ2) is 8.18. The van der Waals surface area contributed by atoms with Gasteiger partial charge in [0.15, 0.2) is 5.13 Å².